The van der Waals surface area contributed by atoms with Crippen LogP contribution in [0, 0.1) is 0 Å². The summed E-state index contributed by atoms with van der Waals surface area (Å²) in [6, 6.07) is -0.641. The van der Waals surface area contributed by atoms with Gasteiger partial charge in [-0.25, -0.2) is 9.79 Å². The maximum Gasteiger partial charge on any atom is 0.337 e. The van der Waals surface area contributed by atoms with E-state index >= 15 is 0 Å². The van der Waals surface area contributed by atoms with E-state index in [1.165, 1.54) is 6.21 Å². The van der Waals surface area contributed by atoms with Gasteiger partial charge >= 0.3 is 6.03 Å². The summed E-state index contributed by atoms with van der Waals surface area (Å²) < 4.78 is 0. The number of primary amides is 3. The molecule has 0 bridgehead atoms. The van der Waals surface area contributed by atoms with E-state index in [0.29, 0.717) is 0 Å². The van der Waals surface area contributed by atoms with Gasteiger partial charge in [0.2, 0.25) is 11.8 Å². The third kappa shape index (κ3) is 62.0. The molecule has 0 fully saturated rings. The maximum absolute atomic E-state index is 9.62. The van der Waals surface area contributed by atoms with Crippen molar-refractivity contribution in [2.45, 2.75) is 6.92 Å². The third-order valence-corrected chi connectivity index (χ3v) is 0.659. The molecule has 0 radical (unpaired) electrons. The molecule has 0 aliphatic rings. The monoisotopic (exact) mass is 228 g/mol. The van der Waals surface area contributed by atoms with E-state index < -0.39 is 17.8 Å². The molecule has 0 aliphatic heterocycles. The predicted molar refractivity (Wildman–Crippen MR) is 62.5 cm³/mol. The SMILES string of the molecule is C=CC(N)=O.C=CC(N)=O.CC=NC(N)=O. The van der Waals surface area contributed by atoms with Crippen LogP contribution in [0.1, 0.15) is 6.92 Å². The van der Waals surface area contributed by atoms with Gasteiger partial charge in [0.05, 0.1) is 0 Å². The van der Waals surface area contributed by atoms with Gasteiger partial charge in [0.25, 0.3) is 0 Å². The van der Waals surface area contributed by atoms with Gasteiger partial charge in [0.15, 0.2) is 0 Å². The summed E-state index contributed by atoms with van der Waals surface area (Å²) in [7, 11) is 0. The molecule has 0 saturated carbocycles. The van der Waals surface area contributed by atoms with Gasteiger partial charge in [-0.15, -0.1) is 0 Å². The Morgan fingerprint density at radius 1 is 1.00 bits per heavy atom. The van der Waals surface area contributed by atoms with Crippen molar-refractivity contribution in [1.29, 1.82) is 0 Å². The van der Waals surface area contributed by atoms with Crippen LogP contribution >= 0.6 is 0 Å². The number of urea groups is 1. The molecule has 0 rings (SSSR count). The molecule has 0 aromatic heterocycles. The van der Waals surface area contributed by atoms with Gasteiger partial charge in [-0.3, -0.25) is 9.59 Å². The minimum Gasteiger partial charge on any atom is -0.366 e. The fraction of sp³-hybridized carbons (Fsp3) is 0.111. The Kier molecular flexibility index (Phi) is 18.0. The Labute approximate surface area is 93.7 Å². The van der Waals surface area contributed by atoms with Gasteiger partial charge in [0, 0.05) is 6.21 Å². The number of nitrogens with zero attached hydrogens (tertiary/aromatic N) is 1. The van der Waals surface area contributed by atoms with E-state index in [2.05, 4.69) is 35.4 Å². The molecule has 0 aromatic rings. The highest BCUT2D eigenvalue weighted by molar-refractivity contribution is 5.85. The Morgan fingerprint density at radius 3 is 1.25 bits per heavy atom. The summed E-state index contributed by atoms with van der Waals surface area (Å²) in [4.78, 5) is 31.7. The van der Waals surface area contributed by atoms with Crippen molar-refractivity contribution >= 4 is 24.1 Å². The first-order valence-corrected chi connectivity index (χ1v) is 3.93. The van der Waals surface area contributed by atoms with Crippen molar-refractivity contribution in [3.63, 3.8) is 0 Å². The molecule has 0 heterocycles. The lowest BCUT2D eigenvalue weighted by atomic mass is 10.6. The Hall–Kier alpha value is -2.44. The smallest absolute Gasteiger partial charge is 0.337 e. The summed E-state index contributed by atoms with van der Waals surface area (Å²) in [6.45, 7) is 7.80. The topological polar surface area (TPSA) is 142 Å². The fourth-order valence-corrected chi connectivity index (χ4v) is 0.127. The van der Waals surface area contributed by atoms with Gasteiger partial charge < -0.3 is 17.2 Å². The molecule has 0 unspecified atom stereocenters. The van der Waals surface area contributed by atoms with E-state index in [9.17, 15) is 14.4 Å². The standard InChI is InChI=1S/C3H6N2O.2C3H5NO/c1-2-5-3(4)6;2*1-2-3(4)5/h2H,1H3,(H2,4,6);2*2H,1H2,(H2,4,5). The Balaban J connectivity index is -0.000000160. The Bertz CT molecular complexity index is 266. The van der Waals surface area contributed by atoms with Crippen molar-refractivity contribution in [3.05, 3.63) is 25.3 Å². The predicted octanol–water partition coefficient (Wildman–Crippen LogP) is -0.529. The quantitative estimate of drug-likeness (QED) is 0.432. The second-order valence-electron chi connectivity index (χ2n) is 1.94. The van der Waals surface area contributed by atoms with Crippen molar-refractivity contribution in [2.24, 2.45) is 22.2 Å². The number of amides is 4. The van der Waals surface area contributed by atoms with Crippen LogP contribution in [-0.2, 0) is 9.59 Å². The minimum absolute atomic E-state index is 0.481. The molecule has 4 amide bonds. The van der Waals surface area contributed by atoms with E-state index in [-0.39, 0.29) is 0 Å². The maximum atomic E-state index is 9.62. The molecule has 0 aromatic carbocycles. The van der Waals surface area contributed by atoms with Gasteiger partial charge in [-0.05, 0) is 19.1 Å². The van der Waals surface area contributed by atoms with Gasteiger partial charge in [0.1, 0.15) is 0 Å². The van der Waals surface area contributed by atoms with Crippen LogP contribution in [0.15, 0.2) is 30.3 Å². The molecule has 0 spiro atoms. The molecular formula is C9H16N4O3. The average molecular weight is 228 g/mol. The first kappa shape index (κ1) is 19.2. The summed E-state index contributed by atoms with van der Waals surface area (Å²) in [5, 5.41) is 0. The zero-order chi connectivity index (χ0) is 13.6. The number of nitrogens with two attached hydrogens (primary N) is 3. The van der Waals surface area contributed by atoms with Gasteiger partial charge in [-0.1, -0.05) is 13.2 Å². The van der Waals surface area contributed by atoms with Gasteiger partial charge in [-0.2, -0.15) is 0 Å². The third-order valence-electron chi connectivity index (χ3n) is 0.659. The van der Waals surface area contributed by atoms with Crippen LogP contribution < -0.4 is 17.2 Å². The number of rotatable bonds is 2. The normalized spacial score (nSPS) is 7.56. The highest BCUT2D eigenvalue weighted by Crippen LogP contribution is 1.59. The van der Waals surface area contributed by atoms with E-state index in [1.807, 2.05) is 0 Å². The zero-order valence-corrected chi connectivity index (χ0v) is 9.05. The molecule has 0 atom stereocenters. The molecule has 0 aliphatic carbocycles. The summed E-state index contributed by atoms with van der Waals surface area (Å²) in [6.07, 6.45) is 3.46. The fourth-order valence-electron chi connectivity index (χ4n) is 0.127. The summed E-state index contributed by atoms with van der Waals surface area (Å²) >= 11 is 0. The molecular weight excluding hydrogens is 212 g/mol. The highest BCUT2D eigenvalue weighted by atomic mass is 16.2. The van der Waals surface area contributed by atoms with Crippen LogP contribution in [0.25, 0.3) is 0 Å². The van der Waals surface area contributed by atoms with E-state index in [4.69, 9.17) is 0 Å². The number of carbonyl (C=O) groups is 3. The van der Waals surface area contributed by atoms with Crippen LogP contribution in [0.4, 0.5) is 4.79 Å². The first-order chi connectivity index (χ1) is 7.31. The number of aliphatic imine (C=N–C) groups is 1. The number of hydrogen-bond acceptors (Lipinski definition) is 3. The molecule has 16 heavy (non-hydrogen) atoms. The lowest BCUT2D eigenvalue weighted by Crippen LogP contribution is -2.04. The molecule has 90 valence electrons. The van der Waals surface area contributed by atoms with Crippen LogP contribution in [0.2, 0.25) is 0 Å². The first-order valence-electron chi connectivity index (χ1n) is 3.93. The Morgan fingerprint density at radius 2 is 1.25 bits per heavy atom. The average Bonchev–Trinajstić information content (AvgIpc) is 2.19. The second-order valence-corrected chi connectivity index (χ2v) is 1.94. The lowest BCUT2D eigenvalue weighted by molar-refractivity contribution is -0.114. The summed E-state index contributed by atoms with van der Waals surface area (Å²) in [5.74, 6) is -0.963. The van der Waals surface area contributed by atoms with E-state index in [0.717, 1.165) is 12.2 Å². The minimum atomic E-state index is -0.641. The number of carbonyl (C=O) groups excluding carboxylic acids is 3. The van der Waals surface area contributed by atoms with Crippen molar-refractivity contribution in [2.75, 3.05) is 0 Å². The van der Waals surface area contributed by atoms with Crippen LogP contribution in [0.3, 0.4) is 0 Å². The molecule has 7 heteroatoms. The largest absolute Gasteiger partial charge is 0.366 e. The zero-order valence-electron chi connectivity index (χ0n) is 9.05. The molecule has 7 nitrogen and oxygen atoms in total. The van der Waals surface area contributed by atoms with Crippen molar-refractivity contribution < 1.29 is 14.4 Å². The number of hydrogen-bond donors (Lipinski definition) is 3. The molecule has 6 N–H and O–H groups in total. The second kappa shape index (κ2) is 15.1. The van der Waals surface area contributed by atoms with Crippen LogP contribution in [0.5, 0.6) is 0 Å². The summed E-state index contributed by atoms with van der Waals surface area (Å²) in [5.41, 5.74) is 13.6. The van der Waals surface area contributed by atoms with E-state index in [1.54, 1.807) is 6.92 Å². The molecule has 0 saturated heterocycles. The van der Waals surface area contributed by atoms with Crippen molar-refractivity contribution in [1.82, 2.24) is 0 Å². The van der Waals surface area contributed by atoms with Crippen molar-refractivity contribution in [3.8, 4) is 0 Å². The highest BCUT2D eigenvalue weighted by Gasteiger charge is 1.74. The van der Waals surface area contributed by atoms with Crippen LogP contribution in [-0.4, -0.2) is 24.1 Å². The lowest BCUT2D eigenvalue weighted by Gasteiger charge is -1.70.